The van der Waals surface area contributed by atoms with Crippen LogP contribution in [0.15, 0.2) is 0 Å². The molecule has 1 heterocycles. The van der Waals surface area contributed by atoms with Gasteiger partial charge in [0.25, 0.3) is 0 Å². The van der Waals surface area contributed by atoms with Gasteiger partial charge in [0.15, 0.2) is 0 Å². The second-order valence-corrected chi connectivity index (χ2v) is 5.33. The summed E-state index contributed by atoms with van der Waals surface area (Å²) in [6, 6.07) is -0.418. The summed E-state index contributed by atoms with van der Waals surface area (Å²) in [5, 5.41) is 19.3. The van der Waals surface area contributed by atoms with Crippen LogP contribution in [0.5, 0.6) is 0 Å². The first-order valence-corrected chi connectivity index (χ1v) is 6.04. The number of nitrogens with zero attached hydrogens (tertiary/aromatic N) is 1. The van der Waals surface area contributed by atoms with Crippen LogP contribution in [0, 0.1) is 5.92 Å². The van der Waals surface area contributed by atoms with Gasteiger partial charge < -0.3 is 10.2 Å². The zero-order chi connectivity index (χ0) is 12.3. The normalized spacial score (nSPS) is 26.7. The Bertz CT molecular complexity index is 251. The van der Waals surface area contributed by atoms with E-state index in [1.807, 2.05) is 18.7 Å². The van der Waals surface area contributed by atoms with Gasteiger partial charge in [-0.1, -0.05) is 20.3 Å². The first kappa shape index (κ1) is 13.5. The van der Waals surface area contributed by atoms with Crippen LogP contribution in [0.1, 0.15) is 40.0 Å². The van der Waals surface area contributed by atoms with Crippen LogP contribution >= 0.6 is 0 Å². The fourth-order valence-electron chi connectivity index (χ4n) is 2.05. The predicted octanol–water partition coefficient (Wildman–Crippen LogP) is 1.33. The molecular weight excluding hydrogens is 206 g/mol. The Morgan fingerprint density at radius 2 is 2.12 bits per heavy atom. The number of hydrogen-bond donors (Lipinski definition) is 2. The van der Waals surface area contributed by atoms with E-state index in [4.69, 9.17) is 5.11 Å². The summed E-state index contributed by atoms with van der Waals surface area (Å²) in [5.74, 6) is -0.636. The zero-order valence-electron chi connectivity index (χ0n) is 10.4. The summed E-state index contributed by atoms with van der Waals surface area (Å²) in [5.41, 5.74) is -0.814. The van der Waals surface area contributed by atoms with Crippen molar-refractivity contribution in [2.75, 3.05) is 13.1 Å². The van der Waals surface area contributed by atoms with Gasteiger partial charge in [-0.3, -0.25) is 9.69 Å². The molecule has 0 radical (unpaired) electrons. The second kappa shape index (κ2) is 5.15. The first-order valence-electron chi connectivity index (χ1n) is 6.04. The summed E-state index contributed by atoms with van der Waals surface area (Å²) < 4.78 is 0. The van der Waals surface area contributed by atoms with E-state index in [1.54, 1.807) is 6.92 Å². The monoisotopic (exact) mass is 229 g/mol. The summed E-state index contributed by atoms with van der Waals surface area (Å²) in [6.45, 7) is 6.92. The molecule has 1 aliphatic rings. The van der Waals surface area contributed by atoms with E-state index < -0.39 is 17.6 Å². The molecule has 16 heavy (non-hydrogen) atoms. The number of carboxylic acid groups (broad SMARTS) is 1. The third-order valence-corrected chi connectivity index (χ3v) is 3.67. The molecule has 0 aromatic rings. The minimum Gasteiger partial charge on any atom is -0.480 e. The number of carboxylic acids is 1. The lowest BCUT2D eigenvalue weighted by Crippen LogP contribution is -2.52. The molecular formula is C12H23NO3. The van der Waals surface area contributed by atoms with Crippen molar-refractivity contribution in [1.82, 2.24) is 4.90 Å². The highest BCUT2D eigenvalue weighted by atomic mass is 16.4. The van der Waals surface area contributed by atoms with Gasteiger partial charge in [0.2, 0.25) is 0 Å². The van der Waals surface area contributed by atoms with Gasteiger partial charge in [0.05, 0.1) is 5.60 Å². The molecule has 0 aliphatic carbocycles. The quantitative estimate of drug-likeness (QED) is 0.763. The van der Waals surface area contributed by atoms with Crippen LogP contribution in [0.2, 0.25) is 0 Å². The van der Waals surface area contributed by atoms with Crippen molar-refractivity contribution >= 4 is 5.97 Å². The van der Waals surface area contributed by atoms with Gasteiger partial charge in [-0.15, -0.1) is 0 Å². The zero-order valence-corrected chi connectivity index (χ0v) is 10.4. The fourth-order valence-corrected chi connectivity index (χ4v) is 2.05. The number of likely N-dealkylation sites (tertiary alicyclic amines) is 1. The molecule has 0 aromatic carbocycles. The van der Waals surface area contributed by atoms with Crippen LogP contribution in [0.4, 0.5) is 0 Å². The average Bonchev–Trinajstić information content (AvgIpc) is 2.17. The van der Waals surface area contributed by atoms with Crippen molar-refractivity contribution in [2.24, 2.45) is 5.92 Å². The van der Waals surface area contributed by atoms with Gasteiger partial charge in [0.1, 0.15) is 6.04 Å². The standard InChI is InChI=1S/C12H23NO3/c1-9(2)12(3,16)8-13-7-5-4-6-10(13)11(14)15/h9-10,16H,4-8H2,1-3H3,(H,14,15). The number of rotatable bonds is 4. The molecule has 2 atom stereocenters. The lowest BCUT2D eigenvalue weighted by atomic mass is 9.90. The van der Waals surface area contributed by atoms with Crippen molar-refractivity contribution in [1.29, 1.82) is 0 Å². The maximum Gasteiger partial charge on any atom is 0.320 e. The molecule has 0 saturated carbocycles. The minimum absolute atomic E-state index is 0.129. The molecule has 1 aliphatic heterocycles. The molecule has 0 bridgehead atoms. The van der Waals surface area contributed by atoms with Gasteiger partial charge in [-0.05, 0) is 32.2 Å². The molecule has 1 rings (SSSR count). The summed E-state index contributed by atoms with van der Waals surface area (Å²) in [7, 11) is 0. The van der Waals surface area contributed by atoms with E-state index >= 15 is 0 Å². The topological polar surface area (TPSA) is 60.8 Å². The van der Waals surface area contributed by atoms with Crippen LogP contribution in [-0.4, -0.2) is 45.8 Å². The molecule has 2 N–H and O–H groups in total. The Labute approximate surface area is 97.3 Å². The SMILES string of the molecule is CC(C)C(C)(O)CN1CCCCC1C(=O)O. The van der Waals surface area contributed by atoms with Crippen molar-refractivity contribution in [2.45, 2.75) is 51.7 Å². The average molecular weight is 229 g/mol. The lowest BCUT2D eigenvalue weighted by Gasteiger charge is -2.39. The van der Waals surface area contributed by atoms with E-state index in [9.17, 15) is 9.90 Å². The Morgan fingerprint density at radius 1 is 1.50 bits per heavy atom. The molecule has 94 valence electrons. The molecule has 1 fully saturated rings. The van der Waals surface area contributed by atoms with Crippen molar-refractivity contribution in [3.05, 3.63) is 0 Å². The maximum atomic E-state index is 11.1. The van der Waals surface area contributed by atoms with Crippen LogP contribution < -0.4 is 0 Å². The predicted molar refractivity (Wildman–Crippen MR) is 62.3 cm³/mol. The molecule has 2 unspecified atom stereocenters. The largest absolute Gasteiger partial charge is 0.480 e. The summed E-state index contributed by atoms with van der Waals surface area (Å²) in [4.78, 5) is 13.0. The van der Waals surface area contributed by atoms with E-state index in [0.29, 0.717) is 13.0 Å². The molecule has 4 heteroatoms. The maximum absolute atomic E-state index is 11.1. The number of aliphatic hydroxyl groups is 1. The number of β-amino-alcohol motifs (C(OH)–C–C–N with tert-alkyl or cyclic N) is 1. The van der Waals surface area contributed by atoms with Crippen molar-refractivity contribution in [3.8, 4) is 0 Å². The Hall–Kier alpha value is -0.610. The van der Waals surface area contributed by atoms with Gasteiger partial charge in [-0.2, -0.15) is 0 Å². The van der Waals surface area contributed by atoms with E-state index in [-0.39, 0.29) is 5.92 Å². The Morgan fingerprint density at radius 3 is 2.62 bits per heavy atom. The smallest absolute Gasteiger partial charge is 0.320 e. The van der Waals surface area contributed by atoms with Gasteiger partial charge >= 0.3 is 5.97 Å². The Balaban J connectivity index is 2.66. The first-order chi connectivity index (χ1) is 7.34. The third kappa shape index (κ3) is 3.19. The van der Waals surface area contributed by atoms with E-state index in [0.717, 1.165) is 19.4 Å². The molecule has 0 amide bonds. The molecule has 4 nitrogen and oxygen atoms in total. The number of carbonyl (C=O) groups is 1. The summed E-state index contributed by atoms with van der Waals surface area (Å²) >= 11 is 0. The highest BCUT2D eigenvalue weighted by Gasteiger charge is 2.34. The summed E-state index contributed by atoms with van der Waals surface area (Å²) in [6.07, 6.45) is 2.69. The van der Waals surface area contributed by atoms with E-state index in [2.05, 4.69) is 0 Å². The Kier molecular flexibility index (Phi) is 4.33. The van der Waals surface area contributed by atoms with Crippen LogP contribution in [0.3, 0.4) is 0 Å². The number of hydrogen-bond acceptors (Lipinski definition) is 3. The van der Waals surface area contributed by atoms with Crippen molar-refractivity contribution in [3.63, 3.8) is 0 Å². The minimum atomic E-state index is -0.814. The van der Waals surface area contributed by atoms with Gasteiger partial charge in [0, 0.05) is 6.54 Å². The molecule has 0 aromatic heterocycles. The van der Waals surface area contributed by atoms with E-state index in [1.165, 1.54) is 0 Å². The number of piperidine rings is 1. The highest BCUT2D eigenvalue weighted by Crippen LogP contribution is 2.23. The van der Waals surface area contributed by atoms with Crippen LogP contribution in [-0.2, 0) is 4.79 Å². The van der Waals surface area contributed by atoms with Crippen LogP contribution in [0.25, 0.3) is 0 Å². The lowest BCUT2D eigenvalue weighted by molar-refractivity contribution is -0.146. The van der Waals surface area contributed by atoms with Crippen molar-refractivity contribution < 1.29 is 15.0 Å². The fraction of sp³-hybridized carbons (Fsp3) is 0.917. The van der Waals surface area contributed by atoms with Gasteiger partial charge in [-0.25, -0.2) is 0 Å². The highest BCUT2D eigenvalue weighted by molar-refractivity contribution is 5.73. The molecule has 0 spiro atoms. The third-order valence-electron chi connectivity index (χ3n) is 3.67. The molecule has 1 saturated heterocycles. The number of aliphatic carboxylic acids is 1. The second-order valence-electron chi connectivity index (χ2n) is 5.33.